The van der Waals surface area contributed by atoms with E-state index in [0.717, 1.165) is 25.4 Å². The number of nitrogens with zero attached hydrogens (tertiary/aromatic N) is 1. The largest absolute Gasteiger partial charge is 0.299 e. The van der Waals surface area contributed by atoms with Crippen molar-refractivity contribution in [2.24, 2.45) is 0 Å². The Balaban J connectivity index is 0.000000459. The summed E-state index contributed by atoms with van der Waals surface area (Å²) in [6, 6.07) is 10.6. The zero-order valence-electron chi connectivity index (χ0n) is 12.9. The van der Waals surface area contributed by atoms with E-state index in [1.807, 2.05) is 0 Å². The Bertz CT molecular complexity index is 270. The summed E-state index contributed by atoms with van der Waals surface area (Å²) in [7, 11) is 0. The molecule has 2 heteroatoms. The van der Waals surface area contributed by atoms with Crippen LogP contribution in [0.25, 0.3) is 0 Å². The fourth-order valence-electron chi connectivity index (χ4n) is 1.83. The van der Waals surface area contributed by atoms with E-state index in [9.17, 15) is 0 Å². The van der Waals surface area contributed by atoms with Gasteiger partial charge in [-0.05, 0) is 12.1 Å². The predicted octanol–water partition coefficient (Wildman–Crippen LogP) is 5.02. The van der Waals surface area contributed by atoms with E-state index in [-0.39, 0.29) is 0 Å². The molecule has 0 fully saturated rings. The lowest BCUT2D eigenvalue weighted by Crippen LogP contribution is -2.24. The van der Waals surface area contributed by atoms with Crippen LogP contribution in [0.15, 0.2) is 30.3 Å². The number of hydrogen-bond donors (Lipinski definition) is 1. The molecule has 0 aromatic heterocycles. The van der Waals surface area contributed by atoms with Crippen LogP contribution in [0, 0.1) is 0 Å². The van der Waals surface area contributed by atoms with Gasteiger partial charge in [0.25, 0.3) is 0 Å². The highest BCUT2D eigenvalue weighted by Gasteiger charge is 2.00. The van der Waals surface area contributed by atoms with E-state index < -0.39 is 0 Å². The Morgan fingerprint density at radius 1 is 0.947 bits per heavy atom. The molecule has 1 aromatic rings. The SMILES string of the molecule is CCCCCC.CCN(CCS)Cc1ccccc1. The summed E-state index contributed by atoms with van der Waals surface area (Å²) in [5.74, 6) is 0.931. The third kappa shape index (κ3) is 11.1. The molecule has 0 aliphatic heterocycles. The van der Waals surface area contributed by atoms with Crippen LogP contribution in [0.2, 0.25) is 0 Å². The van der Waals surface area contributed by atoms with Gasteiger partial charge < -0.3 is 0 Å². The topological polar surface area (TPSA) is 3.24 Å². The van der Waals surface area contributed by atoms with Gasteiger partial charge in [0.05, 0.1) is 0 Å². The van der Waals surface area contributed by atoms with Gasteiger partial charge in [0.15, 0.2) is 0 Å². The summed E-state index contributed by atoms with van der Waals surface area (Å²) in [6.45, 7) is 9.85. The van der Waals surface area contributed by atoms with Crippen LogP contribution in [0.5, 0.6) is 0 Å². The van der Waals surface area contributed by atoms with Crippen molar-refractivity contribution in [3.05, 3.63) is 35.9 Å². The average Bonchev–Trinajstić information content (AvgIpc) is 2.46. The summed E-state index contributed by atoms with van der Waals surface area (Å²) < 4.78 is 0. The molecule has 0 spiro atoms. The molecule has 0 saturated carbocycles. The van der Waals surface area contributed by atoms with E-state index >= 15 is 0 Å². The van der Waals surface area contributed by atoms with E-state index in [2.05, 4.69) is 68.6 Å². The quantitative estimate of drug-likeness (QED) is 0.517. The Kier molecular flexibility index (Phi) is 13.6. The fraction of sp³-hybridized carbons (Fsp3) is 0.647. The minimum Gasteiger partial charge on any atom is -0.299 e. The minimum absolute atomic E-state index is 0.931. The van der Waals surface area contributed by atoms with Crippen LogP contribution in [-0.4, -0.2) is 23.7 Å². The Morgan fingerprint density at radius 3 is 1.95 bits per heavy atom. The lowest BCUT2D eigenvalue weighted by molar-refractivity contribution is 0.298. The Labute approximate surface area is 125 Å². The lowest BCUT2D eigenvalue weighted by atomic mass is 10.2. The summed E-state index contributed by atoms with van der Waals surface area (Å²) in [5, 5.41) is 0. The van der Waals surface area contributed by atoms with Gasteiger partial charge in [0.2, 0.25) is 0 Å². The number of benzene rings is 1. The molecule has 0 atom stereocenters. The maximum Gasteiger partial charge on any atom is 0.0233 e. The summed E-state index contributed by atoms with van der Waals surface area (Å²) in [5.41, 5.74) is 1.38. The highest BCUT2D eigenvalue weighted by molar-refractivity contribution is 7.80. The first-order valence-corrected chi connectivity index (χ1v) is 8.28. The predicted molar refractivity (Wildman–Crippen MR) is 91.1 cm³/mol. The van der Waals surface area contributed by atoms with Crippen molar-refractivity contribution in [1.29, 1.82) is 0 Å². The summed E-state index contributed by atoms with van der Waals surface area (Å²) in [6.07, 6.45) is 5.54. The first kappa shape index (κ1) is 18.5. The molecule has 0 unspecified atom stereocenters. The van der Waals surface area contributed by atoms with E-state index in [0.29, 0.717) is 0 Å². The van der Waals surface area contributed by atoms with Gasteiger partial charge in [0, 0.05) is 18.8 Å². The number of hydrogen-bond acceptors (Lipinski definition) is 2. The molecule has 1 nitrogen and oxygen atoms in total. The molecule has 1 rings (SSSR count). The lowest BCUT2D eigenvalue weighted by Gasteiger charge is -2.18. The van der Waals surface area contributed by atoms with Gasteiger partial charge in [-0.25, -0.2) is 0 Å². The molecule has 0 amide bonds. The molecule has 0 N–H and O–H groups in total. The second-order valence-electron chi connectivity index (χ2n) is 4.79. The van der Waals surface area contributed by atoms with Crippen LogP contribution in [-0.2, 0) is 6.54 Å². The molecular formula is C17H31NS. The van der Waals surface area contributed by atoms with Crippen LogP contribution in [0.3, 0.4) is 0 Å². The third-order valence-corrected chi connectivity index (χ3v) is 3.27. The van der Waals surface area contributed by atoms with Gasteiger partial charge in [0.1, 0.15) is 0 Å². The molecular weight excluding hydrogens is 250 g/mol. The molecule has 19 heavy (non-hydrogen) atoms. The highest BCUT2D eigenvalue weighted by Crippen LogP contribution is 2.03. The molecule has 0 saturated heterocycles. The van der Waals surface area contributed by atoms with Crippen LogP contribution < -0.4 is 0 Å². The molecule has 0 aliphatic carbocycles. The molecule has 0 aliphatic rings. The zero-order chi connectivity index (χ0) is 14.3. The molecule has 110 valence electrons. The van der Waals surface area contributed by atoms with Crippen LogP contribution in [0.4, 0.5) is 0 Å². The van der Waals surface area contributed by atoms with Crippen LogP contribution in [0.1, 0.15) is 52.0 Å². The van der Waals surface area contributed by atoms with Crippen LogP contribution >= 0.6 is 12.6 Å². The van der Waals surface area contributed by atoms with Crippen molar-refractivity contribution >= 4 is 12.6 Å². The first-order valence-electron chi connectivity index (χ1n) is 7.65. The normalized spacial score (nSPS) is 10.2. The van der Waals surface area contributed by atoms with Crippen molar-refractivity contribution in [3.63, 3.8) is 0 Å². The van der Waals surface area contributed by atoms with Crippen molar-refractivity contribution < 1.29 is 0 Å². The average molecular weight is 282 g/mol. The molecule has 0 radical (unpaired) electrons. The Morgan fingerprint density at radius 2 is 1.53 bits per heavy atom. The van der Waals surface area contributed by atoms with Crippen molar-refractivity contribution in [1.82, 2.24) is 4.90 Å². The number of rotatable bonds is 8. The van der Waals surface area contributed by atoms with E-state index in [4.69, 9.17) is 0 Å². The maximum atomic E-state index is 4.24. The zero-order valence-corrected chi connectivity index (χ0v) is 13.8. The van der Waals surface area contributed by atoms with Crippen molar-refractivity contribution in [2.45, 2.75) is 53.0 Å². The standard InChI is InChI=1S/C11H17NS.C6H14/c1-2-12(8-9-13)10-11-6-4-3-5-7-11;1-3-5-6-4-2/h3-7,13H,2,8-10H2,1H3;3-6H2,1-2H3. The van der Waals surface area contributed by atoms with Gasteiger partial charge in [-0.15, -0.1) is 0 Å². The smallest absolute Gasteiger partial charge is 0.0233 e. The summed E-state index contributed by atoms with van der Waals surface area (Å²) >= 11 is 4.24. The van der Waals surface area contributed by atoms with Gasteiger partial charge in [-0.2, -0.15) is 12.6 Å². The minimum atomic E-state index is 0.931. The van der Waals surface area contributed by atoms with E-state index in [1.165, 1.54) is 31.2 Å². The third-order valence-electron chi connectivity index (χ3n) is 3.07. The van der Waals surface area contributed by atoms with Gasteiger partial charge in [-0.3, -0.25) is 4.90 Å². The van der Waals surface area contributed by atoms with Crippen molar-refractivity contribution in [3.8, 4) is 0 Å². The molecule has 0 heterocycles. The second kappa shape index (κ2) is 14.0. The second-order valence-corrected chi connectivity index (χ2v) is 5.23. The highest BCUT2D eigenvalue weighted by atomic mass is 32.1. The molecule has 1 aromatic carbocycles. The Hall–Kier alpha value is -0.470. The number of unbranched alkanes of at least 4 members (excludes halogenated alkanes) is 3. The van der Waals surface area contributed by atoms with Gasteiger partial charge >= 0.3 is 0 Å². The first-order chi connectivity index (χ1) is 9.28. The summed E-state index contributed by atoms with van der Waals surface area (Å²) in [4.78, 5) is 2.39. The monoisotopic (exact) mass is 281 g/mol. The molecule has 0 bridgehead atoms. The van der Waals surface area contributed by atoms with Gasteiger partial charge in [-0.1, -0.05) is 76.8 Å². The maximum absolute atomic E-state index is 4.24. The van der Waals surface area contributed by atoms with E-state index in [1.54, 1.807) is 0 Å². The van der Waals surface area contributed by atoms with Crippen molar-refractivity contribution in [2.75, 3.05) is 18.8 Å². The number of thiol groups is 1. The fourth-order valence-corrected chi connectivity index (χ4v) is 2.11.